The van der Waals surface area contributed by atoms with E-state index in [1.807, 2.05) is 0 Å². The van der Waals surface area contributed by atoms with Gasteiger partial charge in [-0.2, -0.15) is 5.10 Å². The Balaban J connectivity index is 1.23. The predicted molar refractivity (Wildman–Crippen MR) is 149 cm³/mol. The van der Waals surface area contributed by atoms with E-state index in [0.717, 1.165) is 50.3 Å². The van der Waals surface area contributed by atoms with Gasteiger partial charge in [0.15, 0.2) is 0 Å². The topological polar surface area (TPSA) is 107 Å². The molecule has 0 radical (unpaired) electrons. The number of nitrogens with one attached hydrogen (secondary N) is 2. The average Bonchev–Trinajstić information content (AvgIpc) is 3.46. The Hall–Kier alpha value is -1.44. The van der Waals surface area contributed by atoms with Crippen molar-refractivity contribution in [2.24, 2.45) is 45.3 Å². The number of ether oxygens (including phenoxy) is 1. The molecule has 208 valence electrons. The predicted octanol–water partition coefficient (Wildman–Crippen LogP) is 4.66. The molecule has 5 fully saturated rings. The molecule has 7 heteroatoms. The number of fused-ring (bicyclic) bond motifs is 5. The van der Waals surface area contributed by atoms with Gasteiger partial charge in [0.05, 0.1) is 18.3 Å². The van der Waals surface area contributed by atoms with Gasteiger partial charge in [0.25, 0.3) is 0 Å². The third-order valence-electron chi connectivity index (χ3n) is 11.8. The van der Waals surface area contributed by atoms with Crippen molar-refractivity contribution in [1.82, 2.24) is 10.3 Å². The summed E-state index contributed by atoms with van der Waals surface area (Å²) in [6.07, 6.45) is 17.5. The molecule has 5 aliphatic rings. The monoisotopic (exact) mass is 513 g/mol. The number of hydrogen-bond acceptors (Lipinski definition) is 5. The highest BCUT2D eigenvalue weighted by Crippen LogP contribution is 2.69. The Labute approximate surface area is 224 Å². The van der Waals surface area contributed by atoms with E-state index in [0.29, 0.717) is 29.3 Å². The van der Waals surface area contributed by atoms with Crippen LogP contribution in [0.5, 0.6) is 0 Å². The summed E-state index contributed by atoms with van der Waals surface area (Å²) in [7, 11) is 0. The molecule has 4 aliphatic carbocycles. The molecule has 0 unspecified atom stereocenters. The number of hydrogen-bond donors (Lipinski definition) is 4. The van der Waals surface area contributed by atoms with Gasteiger partial charge in [0.2, 0.25) is 5.96 Å². The molecule has 0 aromatic heterocycles. The van der Waals surface area contributed by atoms with Crippen molar-refractivity contribution >= 4 is 12.2 Å². The van der Waals surface area contributed by atoms with Crippen LogP contribution in [0.15, 0.2) is 16.8 Å². The van der Waals surface area contributed by atoms with Gasteiger partial charge < -0.3 is 20.5 Å². The fourth-order valence-electron chi connectivity index (χ4n) is 9.56. The minimum Gasteiger partial charge on any atom is -0.389 e. The smallest absolute Gasteiger partial charge is 0.206 e. The number of guanidine groups is 1. The maximum Gasteiger partial charge on any atom is 0.206 e. The zero-order valence-corrected chi connectivity index (χ0v) is 23.5. The van der Waals surface area contributed by atoms with E-state index < -0.39 is 5.60 Å². The first-order valence-electron chi connectivity index (χ1n) is 15.0. The number of hydrazone groups is 1. The van der Waals surface area contributed by atoms with Crippen LogP contribution in [0.25, 0.3) is 0 Å². The zero-order valence-electron chi connectivity index (χ0n) is 23.5. The van der Waals surface area contributed by atoms with Crippen molar-refractivity contribution in [2.45, 2.75) is 103 Å². The van der Waals surface area contributed by atoms with E-state index in [1.54, 1.807) is 6.21 Å². The molecule has 1 aliphatic heterocycles. The number of nitrogens with zero attached hydrogens (tertiary/aromatic N) is 2. The number of nitrogens with two attached hydrogens (primary N) is 1. The summed E-state index contributed by atoms with van der Waals surface area (Å²) in [5.74, 6) is 1.97. The third-order valence-corrected chi connectivity index (χ3v) is 11.8. The molecule has 0 aromatic carbocycles. The lowest BCUT2D eigenvalue weighted by Gasteiger charge is -2.63. The van der Waals surface area contributed by atoms with E-state index in [1.165, 1.54) is 58.0 Å². The van der Waals surface area contributed by atoms with Crippen LogP contribution in [0.4, 0.5) is 0 Å². The van der Waals surface area contributed by atoms with Gasteiger partial charge in [0.1, 0.15) is 0 Å². The molecule has 5 N–H and O–H groups in total. The quantitative estimate of drug-likeness (QED) is 0.225. The van der Waals surface area contributed by atoms with Crippen molar-refractivity contribution in [1.29, 1.82) is 5.41 Å². The molecule has 1 saturated heterocycles. The first-order valence-corrected chi connectivity index (χ1v) is 15.0. The lowest BCUT2D eigenvalue weighted by Crippen LogP contribution is -2.62. The van der Waals surface area contributed by atoms with Crippen LogP contribution in [0, 0.1) is 39.9 Å². The van der Waals surface area contributed by atoms with E-state index in [2.05, 4.69) is 42.3 Å². The van der Waals surface area contributed by atoms with Crippen LogP contribution in [0.3, 0.4) is 0 Å². The highest BCUT2D eigenvalue weighted by atomic mass is 16.5. The SMILES string of the molecule is CC(/C=N/NC(=N)N)=C\[C@H]1CC[C@]2(O)[C@@H]3CC[C@@H]4C[C@@H](OCCN5CCCC5)CC[C@]4(C)[C@H]3CC[C@]12C. The molecule has 0 aromatic rings. The zero-order chi connectivity index (χ0) is 26.3. The number of rotatable bonds is 7. The third kappa shape index (κ3) is 5.00. The highest BCUT2D eigenvalue weighted by molar-refractivity contribution is 5.80. The van der Waals surface area contributed by atoms with E-state index in [9.17, 15) is 5.11 Å². The second-order valence-corrected chi connectivity index (χ2v) is 13.5. The Bertz CT molecular complexity index is 900. The van der Waals surface area contributed by atoms with Crippen molar-refractivity contribution in [3.8, 4) is 0 Å². The summed E-state index contributed by atoms with van der Waals surface area (Å²) in [5, 5.41) is 23.7. The van der Waals surface area contributed by atoms with Crippen LogP contribution in [-0.2, 0) is 4.74 Å². The maximum atomic E-state index is 12.4. The van der Waals surface area contributed by atoms with Gasteiger partial charge in [-0.3, -0.25) is 5.41 Å². The Morgan fingerprint density at radius 1 is 1.11 bits per heavy atom. The Morgan fingerprint density at radius 2 is 1.89 bits per heavy atom. The van der Waals surface area contributed by atoms with Gasteiger partial charge >= 0.3 is 0 Å². The van der Waals surface area contributed by atoms with Crippen LogP contribution >= 0.6 is 0 Å². The van der Waals surface area contributed by atoms with Crippen molar-refractivity contribution < 1.29 is 9.84 Å². The fraction of sp³-hybridized carbons (Fsp3) is 0.867. The molecule has 4 saturated carbocycles. The lowest BCUT2D eigenvalue weighted by molar-refractivity contribution is -0.209. The van der Waals surface area contributed by atoms with Crippen molar-refractivity contribution in [3.05, 3.63) is 11.6 Å². The minimum absolute atomic E-state index is 0.0870. The van der Waals surface area contributed by atoms with Gasteiger partial charge in [-0.05, 0) is 125 Å². The molecule has 5 rings (SSSR count). The summed E-state index contributed by atoms with van der Waals surface area (Å²) in [4.78, 5) is 2.55. The maximum absolute atomic E-state index is 12.4. The summed E-state index contributed by atoms with van der Waals surface area (Å²) >= 11 is 0. The van der Waals surface area contributed by atoms with Gasteiger partial charge in [0, 0.05) is 18.2 Å². The Kier molecular flexibility index (Phi) is 7.78. The van der Waals surface area contributed by atoms with E-state index in [4.69, 9.17) is 15.9 Å². The average molecular weight is 514 g/mol. The highest BCUT2D eigenvalue weighted by Gasteiger charge is 2.66. The van der Waals surface area contributed by atoms with Crippen LogP contribution in [0.2, 0.25) is 0 Å². The molecule has 0 spiro atoms. The molecular formula is C30H51N5O2. The molecule has 8 atom stereocenters. The molecule has 7 nitrogen and oxygen atoms in total. The summed E-state index contributed by atoms with van der Waals surface area (Å²) < 4.78 is 6.44. The lowest BCUT2D eigenvalue weighted by atomic mass is 9.43. The van der Waals surface area contributed by atoms with Crippen LogP contribution in [-0.4, -0.2) is 60.1 Å². The number of aliphatic hydroxyl groups is 1. The largest absolute Gasteiger partial charge is 0.389 e. The standard InChI is InChI=1S/C30H51N5O2/c1-21(20-33-34-27(31)32)18-23-8-13-30(36)26-7-6-22-19-24(37-17-16-35-14-4-5-15-35)9-11-28(22,2)25(26)10-12-29(23,30)3/h18,20,22-26,36H,4-17,19H2,1-3H3,(H4,31,32,34)/b21-18+,33-20+/t22-,23-,24+,25+,26-,28+,29-,30+/m1/s1. The molecule has 1 heterocycles. The normalized spacial score (nSPS) is 44.4. The molecular weight excluding hydrogens is 462 g/mol. The Morgan fingerprint density at radius 3 is 2.65 bits per heavy atom. The van der Waals surface area contributed by atoms with Crippen LogP contribution in [0.1, 0.15) is 91.4 Å². The number of allylic oxidation sites excluding steroid dienone is 2. The van der Waals surface area contributed by atoms with Gasteiger partial charge in [-0.25, -0.2) is 5.43 Å². The van der Waals surface area contributed by atoms with Gasteiger partial charge in [-0.1, -0.05) is 19.9 Å². The fourth-order valence-corrected chi connectivity index (χ4v) is 9.56. The van der Waals surface area contributed by atoms with Crippen molar-refractivity contribution in [2.75, 3.05) is 26.2 Å². The minimum atomic E-state index is -0.580. The van der Waals surface area contributed by atoms with E-state index >= 15 is 0 Å². The first-order chi connectivity index (χ1) is 17.7. The summed E-state index contributed by atoms with van der Waals surface area (Å²) in [5.41, 5.74) is 8.57. The van der Waals surface area contributed by atoms with E-state index in [-0.39, 0.29) is 11.4 Å². The second kappa shape index (κ2) is 10.6. The summed E-state index contributed by atoms with van der Waals surface area (Å²) in [6, 6.07) is 0. The second-order valence-electron chi connectivity index (χ2n) is 13.5. The molecule has 0 bridgehead atoms. The molecule has 0 amide bonds. The summed E-state index contributed by atoms with van der Waals surface area (Å²) in [6.45, 7) is 11.5. The molecule has 37 heavy (non-hydrogen) atoms. The first kappa shape index (κ1) is 27.1. The van der Waals surface area contributed by atoms with Gasteiger partial charge in [-0.15, -0.1) is 0 Å². The number of likely N-dealkylation sites (tertiary alicyclic amines) is 1. The van der Waals surface area contributed by atoms with Crippen LogP contribution < -0.4 is 11.2 Å². The van der Waals surface area contributed by atoms with Crippen molar-refractivity contribution in [3.63, 3.8) is 0 Å².